The SMILES string of the molecule is CCCCCCC(CCC)Cc1cccc(C(=O)O)c1C(=O)O. The third-order valence-corrected chi connectivity index (χ3v) is 4.27. The van der Waals surface area contributed by atoms with Gasteiger partial charge in [0, 0.05) is 0 Å². The van der Waals surface area contributed by atoms with Crippen molar-refractivity contribution in [2.45, 2.75) is 65.2 Å². The van der Waals surface area contributed by atoms with E-state index in [0.717, 1.165) is 25.7 Å². The average molecular weight is 320 g/mol. The van der Waals surface area contributed by atoms with Gasteiger partial charge in [0.25, 0.3) is 0 Å². The molecule has 0 saturated carbocycles. The molecule has 1 unspecified atom stereocenters. The number of hydrogen-bond donors (Lipinski definition) is 2. The van der Waals surface area contributed by atoms with E-state index in [1.807, 2.05) is 0 Å². The van der Waals surface area contributed by atoms with Gasteiger partial charge in [0.15, 0.2) is 0 Å². The van der Waals surface area contributed by atoms with Crippen LogP contribution >= 0.6 is 0 Å². The zero-order valence-corrected chi connectivity index (χ0v) is 14.2. The molecule has 0 fully saturated rings. The summed E-state index contributed by atoms with van der Waals surface area (Å²) in [4.78, 5) is 22.8. The molecule has 4 nitrogen and oxygen atoms in total. The predicted octanol–water partition coefficient (Wildman–Crippen LogP) is 5.01. The van der Waals surface area contributed by atoms with E-state index in [1.54, 1.807) is 12.1 Å². The molecule has 0 heterocycles. The fraction of sp³-hybridized carbons (Fsp3) is 0.579. The molecule has 0 amide bonds. The first-order valence-corrected chi connectivity index (χ1v) is 8.59. The average Bonchev–Trinajstić information content (AvgIpc) is 2.51. The summed E-state index contributed by atoms with van der Waals surface area (Å²) in [5.74, 6) is -1.92. The quantitative estimate of drug-likeness (QED) is 0.562. The molecule has 0 bridgehead atoms. The van der Waals surface area contributed by atoms with Crippen molar-refractivity contribution in [1.82, 2.24) is 0 Å². The van der Waals surface area contributed by atoms with Gasteiger partial charge in [-0.2, -0.15) is 0 Å². The minimum absolute atomic E-state index is 0.0466. The highest BCUT2D eigenvalue weighted by Gasteiger charge is 2.21. The minimum Gasteiger partial charge on any atom is -0.478 e. The second-order valence-electron chi connectivity index (χ2n) is 6.16. The van der Waals surface area contributed by atoms with Crippen molar-refractivity contribution in [3.8, 4) is 0 Å². The van der Waals surface area contributed by atoms with Crippen LogP contribution in [0.4, 0.5) is 0 Å². The van der Waals surface area contributed by atoms with Crippen LogP contribution in [-0.2, 0) is 6.42 Å². The van der Waals surface area contributed by atoms with Gasteiger partial charge in [0.05, 0.1) is 11.1 Å². The van der Waals surface area contributed by atoms with E-state index in [1.165, 1.54) is 25.3 Å². The molecule has 4 heteroatoms. The predicted molar refractivity (Wildman–Crippen MR) is 91.2 cm³/mol. The van der Waals surface area contributed by atoms with Crippen molar-refractivity contribution in [3.63, 3.8) is 0 Å². The number of rotatable bonds is 11. The van der Waals surface area contributed by atoms with Crippen LogP contribution < -0.4 is 0 Å². The fourth-order valence-electron chi connectivity index (χ4n) is 3.13. The normalized spacial score (nSPS) is 12.1. The number of carbonyl (C=O) groups is 2. The van der Waals surface area contributed by atoms with E-state index in [9.17, 15) is 19.8 Å². The molecule has 0 saturated heterocycles. The van der Waals surface area contributed by atoms with Gasteiger partial charge in [-0.15, -0.1) is 0 Å². The molecule has 1 aromatic rings. The van der Waals surface area contributed by atoms with Crippen LogP contribution in [0.5, 0.6) is 0 Å². The topological polar surface area (TPSA) is 74.6 Å². The van der Waals surface area contributed by atoms with Gasteiger partial charge in [-0.1, -0.05) is 70.9 Å². The smallest absolute Gasteiger partial charge is 0.336 e. The van der Waals surface area contributed by atoms with Crippen LogP contribution in [0.15, 0.2) is 18.2 Å². The number of carboxylic acid groups (broad SMARTS) is 2. The molecule has 1 aromatic carbocycles. The molecule has 0 aliphatic carbocycles. The fourth-order valence-corrected chi connectivity index (χ4v) is 3.13. The lowest BCUT2D eigenvalue weighted by Gasteiger charge is -2.18. The van der Waals surface area contributed by atoms with Crippen molar-refractivity contribution < 1.29 is 19.8 Å². The van der Waals surface area contributed by atoms with Crippen molar-refractivity contribution in [2.24, 2.45) is 5.92 Å². The Morgan fingerprint density at radius 2 is 1.70 bits per heavy atom. The van der Waals surface area contributed by atoms with Gasteiger partial charge in [-0.25, -0.2) is 9.59 Å². The lowest BCUT2D eigenvalue weighted by Crippen LogP contribution is -2.14. The molecule has 1 rings (SSSR count). The third kappa shape index (κ3) is 6.05. The summed E-state index contributed by atoms with van der Waals surface area (Å²) < 4.78 is 0. The first kappa shape index (κ1) is 19.2. The van der Waals surface area contributed by atoms with Crippen molar-refractivity contribution >= 4 is 11.9 Å². The summed E-state index contributed by atoms with van der Waals surface area (Å²) in [7, 11) is 0. The number of carboxylic acids is 2. The molecule has 0 spiro atoms. The minimum atomic E-state index is -1.18. The van der Waals surface area contributed by atoms with Gasteiger partial charge >= 0.3 is 11.9 Å². The molecule has 23 heavy (non-hydrogen) atoms. The zero-order chi connectivity index (χ0) is 17.2. The first-order chi connectivity index (χ1) is 11.0. The highest BCUT2D eigenvalue weighted by atomic mass is 16.4. The Balaban J connectivity index is 2.92. The van der Waals surface area contributed by atoms with E-state index in [2.05, 4.69) is 13.8 Å². The van der Waals surface area contributed by atoms with Crippen molar-refractivity contribution in [1.29, 1.82) is 0 Å². The van der Waals surface area contributed by atoms with Crippen LogP contribution in [0.25, 0.3) is 0 Å². The highest BCUT2D eigenvalue weighted by Crippen LogP contribution is 2.25. The third-order valence-electron chi connectivity index (χ3n) is 4.27. The second-order valence-corrected chi connectivity index (χ2v) is 6.16. The van der Waals surface area contributed by atoms with Crippen LogP contribution in [0.3, 0.4) is 0 Å². The first-order valence-electron chi connectivity index (χ1n) is 8.59. The van der Waals surface area contributed by atoms with E-state index < -0.39 is 11.9 Å². The van der Waals surface area contributed by atoms with Crippen molar-refractivity contribution in [3.05, 3.63) is 34.9 Å². The van der Waals surface area contributed by atoms with E-state index in [4.69, 9.17) is 0 Å². The van der Waals surface area contributed by atoms with Gasteiger partial charge in [0.1, 0.15) is 0 Å². The second kappa shape index (κ2) is 10.0. The maximum absolute atomic E-state index is 11.5. The van der Waals surface area contributed by atoms with Gasteiger partial charge in [-0.05, 0) is 24.0 Å². The molecule has 0 aliphatic heterocycles. The highest BCUT2D eigenvalue weighted by molar-refractivity contribution is 6.02. The summed E-state index contributed by atoms with van der Waals surface area (Å²) in [5.41, 5.74) is 0.484. The Labute approximate surface area is 138 Å². The standard InChI is InChI=1S/C19H28O4/c1-3-5-6-7-10-14(9-4-2)13-15-11-8-12-16(18(20)21)17(15)19(22)23/h8,11-12,14H,3-7,9-10,13H2,1-2H3,(H,20,21)(H,22,23). The molecule has 1 atom stereocenters. The Hall–Kier alpha value is -1.84. The summed E-state index contributed by atoms with van der Waals surface area (Å²) in [6, 6.07) is 4.77. The molecule has 2 N–H and O–H groups in total. The van der Waals surface area contributed by atoms with E-state index in [-0.39, 0.29) is 11.1 Å². The van der Waals surface area contributed by atoms with E-state index in [0.29, 0.717) is 17.9 Å². The van der Waals surface area contributed by atoms with Gasteiger partial charge in [-0.3, -0.25) is 0 Å². The number of unbranched alkanes of at least 4 members (excludes halogenated alkanes) is 3. The van der Waals surface area contributed by atoms with Crippen LogP contribution in [0.2, 0.25) is 0 Å². The largest absolute Gasteiger partial charge is 0.478 e. The molecule has 0 aromatic heterocycles. The Bertz CT molecular complexity index is 522. The lowest BCUT2D eigenvalue weighted by atomic mass is 9.87. The maximum atomic E-state index is 11.5. The van der Waals surface area contributed by atoms with Crippen molar-refractivity contribution in [2.75, 3.05) is 0 Å². The Morgan fingerprint density at radius 1 is 0.957 bits per heavy atom. The summed E-state index contributed by atoms with van der Waals surface area (Å²) in [5, 5.41) is 18.6. The van der Waals surface area contributed by atoms with Gasteiger partial charge < -0.3 is 10.2 Å². The number of hydrogen-bond acceptors (Lipinski definition) is 2. The number of aromatic carboxylic acids is 2. The Kier molecular flexibility index (Phi) is 8.38. The summed E-state index contributed by atoms with van der Waals surface area (Å²) >= 11 is 0. The maximum Gasteiger partial charge on any atom is 0.336 e. The van der Waals surface area contributed by atoms with Gasteiger partial charge in [0.2, 0.25) is 0 Å². The number of benzene rings is 1. The van der Waals surface area contributed by atoms with Crippen LogP contribution in [0.1, 0.15) is 85.1 Å². The zero-order valence-electron chi connectivity index (χ0n) is 14.2. The monoisotopic (exact) mass is 320 g/mol. The van der Waals surface area contributed by atoms with Crippen LogP contribution in [-0.4, -0.2) is 22.2 Å². The Morgan fingerprint density at radius 3 is 2.26 bits per heavy atom. The molecule has 128 valence electrons. The van der Waals surface area contributed by atoms with Crippen LogP contribution in [0, 0.1) is 5.92 Å². The molecular weight excluding hydrogens is 292 g/mol. The summed E-state index contributed by atoms with van der Waals surface area (Å²) in [6.07, 6.45) is 8.60. The molecular formula is C19H28O4. The molecule has 0 radical (unpaired) electrons. The summed E-state index contributed by atoms with van der Waals surface area (Å²) in [6.45, 7) is 4.31. The van der Waals surface area contributed by atoms with E-state index >= 15 is 0 Å². The lowest BCUT2D eigenvalue weighted by molar-refractivity contribution is 0.0650. The molecule has 0 aliphatic rings.